The van der Waals surface area contributed by atoms with Crippen LogP contribution >= 0.6 is 11.9 Å². The molecule has 0 radical (unpaired) electrons. The van der Waals surface area contributed by atoms with Crippen LogP contribution < -0.4 is 0 Å². The van der Waals surface area contributed by atoms with Gasteiger partial charge in [0.25, 0.3) is 0 Å². The standard InChI is InChI=1S/C11H22N2S/c1-12-7-3-11(4-8-12)5-9-13(14-2)10-6-11/h3-10H2,1-2H3. The fraction of sp³-hybridized carbons (Fsp3) is 1.00. The van der Waals surface area contributed by atoms with Gasteiger partial charge in [0.1, 0.15) is 0 Å². The highest BCUT2D eigenvalue weighted by atomic mass is 32.2. The highest BCUT2D eigenvalue weighted by Gasteiger charge is 2.36. The van der Waals surface area contributed by atoms with Gasteiger partial charge < -0.3 is 4.90 Å². The molecule has 82 valence electrons. The highest BCUT2D eigenvalue weighted by molar-refractivity contribution is 7.96. The number of nitrogens with zero attached hydrogens (tertiary/aromatic N) is 2. The van der Waals surface area contributed by atoms with E-state index >= 15 is 0 Å². The topological polar surface area (TPSA) is 6.48 Å². The summed E-state index contributed by atoms with van der Waals surface area (Å²) >= 11 is 1.92. The van der Waals surface area contributed by atoms with E-state index in [-0.39, 0.29) is 0 Å². The summed E-state index contributed by atoms with van der Waals surface area (Å²) in [6.45, 7) is 5.26. The van der Waals surface area contributed by atoms with E-state index in [0.717, 1.165) is 5.41 Å². The highest BCUT2D eigenvalue weighted by Crippen LogP contribution is 2.41. The fourth-order valence-corrected chi connectivity index (χ4v) is 3.28. The van der Waals surface area contributed by atoms with Crippen molar-refractivity contribution in [1.29, 1.82) is 0 Å². The van der Waals surface area contributed by atoms with Gasteiger partial charge in [-0.25, -0.2) is 0 Å². The molecule has 0 unspecified atom stereocenters. The van der Waals surface area contributed by atoms with Gasteiger partial charge >= 0.3 is 0 Å². The van der Waals surface area contributed by atoms with Crippen LogP contribution in [0.15, 0.2) is 0 Å². The van der Waals surface area contributed by atoms with Crippen molar-refractivity contribution < 1.29 is 0 Å². The Morgan fingerprint density at radius 2 is 1.43 bits per heavy atom. The zero-order valence-corrected chi connectivity index (χ0v) is 10.3. The van der Waals surface area contributed by atoms with Crippen molar-refractivity contribution >= 4 is 11.9 Å². The number of hydrogen-bond acceptors (Lipinski definition) is 3. The number of hydrogen-bond donors (Lipinski definition) is 0. The second-order valence-corrected chi connectivity index (χ2v) is 5.80. The minimum atomic E-state index is 0.721. The number of piperidine rings is 2. The van der Waals surface area contributed by atoms with Crippen molar-refractivity contribution in [3.05, 3.63) is 0 Å². The molecule has 2 rings (SSSR count). The molecule has 2 aliphatic heterocycles. The van der Waals surface area contributed by atoms with Gasteiger partial charge in [0.15, 0.2) is 0 Å². The van der Waals surface area contributed by atoms with Gasteiger partial charge in [-0.2, -0.15) is 0 Å². The predicted octanol–water partition coefficient (Wildman–Crippen LogP) is 2.07. The van der Waals surface area contributed by atoms with Crippen LogP contribution in [0.5, 0.6) is 0 Å². The molecule has 0 aliphatic carbocycles. The van der Waals surface area contributed by atoms with Gasteiger partial charge in [-0.05, 0) is 57.5 Å². The minimum Gasteiger partial charge on any atom is -0.306 e. The summed E-state index contributed by atoms with van der Waals surface area (Å²) in [5, 5.41) is 0. The van der Waals surface area contributed by atoms with Gasteiger partial charge in [-0.15, -0.1) is 0 Å². The Morgan fingerprint density at radius 1 is 0.929 bits per heavy atom. The summed E-state index contributed by atoms with van der Waals surface area (Å²) in [5.41, 5.74) is 0.721. The first-order valence-electron chi connectivity index (χ1n) is 5.72. The third-order valence-electron chi connectivity index (χ3n) is 4.09. The van der Waals surface area contributed by atoms with E-state index in [1.54, 1.807) is 0 Å². The van der Waals surface area contributed by atoms with Crippen LogP contribution in [0.4, 0.5) is 0 Å². The van der Waals surface area contributed by atoms with E-state index in [4.69, 9.17) is 0 Å². The van der Waals surface area contributed by atoms with Crippen molar-refractivity contribution in [2.24, 2.45) is 5.41 Å². The molecule has 14 heavy (non-hydrogen) atoms. The molecule has 2 aliphatic rings. The summed E-state index contributed by atoms with van der Waals surface area (Å²) < 4.78 is 2.52. The average Bonchev–Trinajstić information content (AvgIpc) is 2.24. The molecule has 2 fully saturated rings. The molecule has 3 heteroatoms. The van der Waals surface area contributed by atoms with Gasteiger partial charge in [0, 0.05) is 13.1 Å². The molecule has 0 atom stereocenters. The molecule has 1 spiro atoms. The molecule has 0 aromatic carbocycles. The molecular formula is C11H22N2S. The smallest absolute Gasteiger partial charge is 0.00945 e. The van der Waals surface area contributed by atoms with Crippen LogP contribution in [-0.2, 0) is 0 Å². The zero-order chi connectivity index (χ0) is 10.0. The Balaban J connectivity index is 1.86. The van der Waals surface area contributed by atoms with Crippen LogP contribution in [0.2, 0.25) is 0 Å². The monoisotopic (exact) mass is 214 g/mol. The first kappa shape index (κ1) is 10.8. The normalized spacial score (nSPS) is 29.6. The molecule has 0 saturated carbocycles. The van der Waals surface area contributed by atoms with Crippen molar-refractivity contribution in [3.63, 3.8) is 0 Å². The van der Waals surface area contributed by atoms with Gasteiger partial charge in [0.05, 0.1) is 0 Å². The van der Waals surface area contributed by atoms with Crippen LogP contribution in [0.3, 0.4) is 0 Å². The van der Waals surface area contributed by atoms with E-state index in [2.05, 4.69) is 22.5 Å². The maximum Gasteiger partial charge on any atom is 0.00945 e. The van der Waals surface area contributed by atoms with Crippen LogP contribution in [0.25, 0.3) is 0 Å². The summed E-state index contributed by atoms with van der Waals surface area (Å²) in [6.07, 6.45) is 7.94. The van der Waals surface area contributed by atoms with Crippen molar-refractivity contribution in [1.82, 2.24) is 9.21 Å². The van der Waals surface area contributed by atoms with E-state index in [0.29, 0.717) is 0 Å². The van der Waals surface area contributed by atoms with Crippen molar-refractivity contribution in [3.8, 4) is 0 Å². The fourth-order valence-electron chi connectivity index (χ4n) is 2.74. The maximum atomic E-state index is 2.52. The molecule has 0 bridgehead atoms. The quantitative estimate of drug-likeness (QED) is 0.617. The largest absolute Gasteiger partial charge is 0.306 e. The third kappa shape index (κ3) is 2.26. The van der Waals surface area contributed by atoms with E-state index < -0.39 is 0 Å². The van der Waals surface area contributed by atoms with E-state index in [1.807, 2.05) is 11.9 Å². The number of rotatable bonds is 1. The second-order valence-electron chi connectivity index (χ2n) is 4.91. The Kier molecular flexibility index (Phi) is 3.40. The number of likely N-dealkylation sites (tertiary alicyclic amines) is 1. The van der Waals surface area contributed by atoms with Gasteiger partial charge in [-0.3, -0.25) is 4.31 Å². The van der Waals surface area contributed by atoms with Crippen LogP contribution in [0, 0.1) is 5.41 Å². The summed E-state index contributed by atoms with van der Waals surface area (Å²) in [6, 6.07) is 0. The molecule has 0 amide bonds. The lowest BCUT2D eigenvalue weighted by atomic mass is 9.72. The SMILES string of the molecule is CSN1CCC2(CCN(C)CC2)CC1. The Bertz CT molecular complexity index is 178. The summed E-state index contributed by atoms with van der Waals surface area (Å²) in [4.78, 5) is 2.48. The first-order valence-corrected chi connectivity index (χ1v) is 6.90. The lowest BCUT2D eigenvalue weighted by Gasteiger charge is -2.45. The molecule has 2 saturated heterocycles. The minimum absolute atomic E-state index is 0.721. The zero-order valence-electron chi connectivity index (χ0n) is 9.46. The second kappa shape index (κ2) is 4.42. The average molecular weight is 214 g/mol. The van der Waals surface area contributed by atoms with Gasteiger partial charge in [0.2, 0.25) is 0 Å². The first-order chi connectivity index (χ1) is 6.74. The maximum absolute atomic E-state index is 2.52. The van der Waals surface area contributed by atoms with Crippen molar-refractivity contribution in [2.45, 2.75) is 25.7 Å². The molecular weight excluding hydrogens is 192 g/mol. The van der Waals surface area contributed by atoms with Crippen LogP contribution in [0.1, 0.15) is 25.7 Å². The van der Waals surface area contributed by atoms with Crippen LogP contribution in [-0.4, -0.2) is 48.7 Å². The Labute approximate surface area is 92.2 Å². The molecule has 2 nitrogen and oxygen atoms in total. The summed E-state index contributed by atoms with van der Waals surface area (Å²) in [5.74, 6) is 0. The van der Waals surface area contributed by atoms with E-state index in [1.165, 1.54) is 51.9 Å². The Morgan fingerprint density at radius 3 is 1.93 bits per heavy atom. The Hall–Kier alpha value is 0.270. The molecule has 2 heterocycles. The third-order valence-corrected chi connectivity index (χ3v) is 4.97. The van der Waals surface area contributed by atoms with E-state index in [9.17, 15) is 0 Å². The van der Waals surface area contributed by atoms with Gasteiger partial charge in [-0.1, -0.05) is 11.9 Å². The summed E-state index contributed by atoms with van der Waals surface area (Å²) in [7, 11) is 2.25. The molecule has 0 N–H and O–H groups in total. The lowest BCUT2D eigenvalue weighted by molar-refractivity contribution is 0.0697. The van der Waals surface area contributed by atoms with Crippen molar-refractivity contribution in [2.75, 3.05) is 39.5 Å². The predicted molar refractivity (Wildman–Crippen MR) is 63.5 cm³/mol. The molecule has 0 aromatic heterocycles. The lowest BCUT2D eigenvalue weighted by Crippen LogP contribution is -2.44. The molecule has 0 aromatic rings.